The van der Waals surface area contributed by atoms with E-state index in [4.69, 9.17) is 5.11 Å². The lowest BCUT2D eigenvalue weighted by Crippen LogP contribution is -2.20. The van der Waals surface area contributed by atoms with E-state index in [1.54, 1.807) is 0 Å². The predicted molar refractivity (Wildman–Crippen MR) is 43.5 cm³/mol. The van der Waals surface area contributed by atoms with Crippen LogP contribution in [0.5, 0.6) is 0 Å². The zero-order valence-corrected chi connectivity index (χ0v) is 6.38. The second-order valence-electron chi connectivity index (χ2n) is 1.88. The molecule has 12 heavy (non-hydrogen) atoms. The van der Waals surface area contributed by atoms with E-state index in [1.807, 2.05) is 0 Å². The van der Waals surface area contributed by atoms with Crippen molar-refractivity contribution in [2.75, 3.05) is 6.54 Å². The Labute approximate surface area is 69.1 Å². The highest BCUT2D eigenvalue weighted by Gasteiger charge is 1.97. The summed E-state index contributed by atoms with van der Waals surface area (Å²) < 4.78 is 12.1. The van der Waals surface area contributed by atoms with Gasteiger partial charge in [-0.3, -0.25) is 4.79 Å². The summed E-state index contributed by atoms with van der Waals surface area (Å²) in [6.07, 6.45) is 0.954. The molecule has 0 aliphatic carbocycles. The fourth-order valence-corrected chi connectivity index (χ4v) is 0.467. The van der Waals surface area contributed by atoms with Gasteiger partial charge in [0.15, 0.2) is 0 Å². The summed E-state index contributed by atoms with van der Waals surface area (Å²) in [4.78, 5) is 13.4. The Hall–Kier alpha value is -1.65. The van der Waals surface area contributed by atoms with Gasteiger partial charge in [0.05, 0.1) is 0 Å². The fourth-order valence-electron chi connectivity index (χ4n) is 0.467. The molecule has 0 fully saturated rings. The minimum Gasteiger partial charge on any atom is -0.480 e. The third kappa shape index (κ3) is 5.16. The van der Waals surface area contributed by atoms with Gasteiger partial charge in [0.2, 0.25) is 0 Å². The standard InChI is InChI=1S/C7H9FN2O2/c1-5(8)3-6(9-2)10-4-7(11)12/h3,10H,1-2,4H2,(H,11,12)/b6-3+. The maximum Gasteiger partial charge on any atom is 0.322 e. The molecule has 0 bridgehead atoms. The van der Waals surface area contributed by atoms with Crippen LogP contribution in [0, 0.1) is 0 Å². The van der Waals surface area contributed by atoms with Gasteiger partial charge in [-0.2, -0.15) is 0 Å². The number of nitrogens with zero attached hydrogens (tertiary/aromatic N) is 1. The first-order valence-corrected chi connectivity index (χ1v) is 3.04. The van der Waals surface area contributed by atoms with Crippen LogP contribution in [-0.2, 0) is 4.79 Å². The molecule has 0 atom stereocenters. The summed E-state index contributed by atoms with van der Waals surface area (Å²) in [6, 6.07) is 0. The number of allylic oxidation sites excluding steroid dienone is 2. The van der Waals surface area contributed by atoms with Crippen LogP contribution in [0.4, 0.5) is 4.39 Å². The van der Waals surface area contributed by atoms with Crippen molar-refractivity contribution in [2.24, 2.45) is 4.99 Å². The van der Waals surface area contributed by atoms with Crippen molar-refractivity contribution in [2.45, 2.75) is 0 Å². The van der Waals surface area contributed by atoms with Crippen molar-refractivity contribution in [3.8, 4) is 0 Å². The number of carboxylic acids is 1. The van der Waals surface area contributed by atoms with Crippen LogP contribution < -0.4 is 5.32 Å². The first-order valence-electron chi connectivity index (χ1n) is 3.04. The highest BCUT2D eigenvalue weighted by molar-refractivity contribution is 5.69. The van der Waals surface area contributed by atoms with Gasteiger partial charge in [0.1, 0.15) is 18.2 Å². The minimum atomic E-state index is -1.06. The molecule has 0 radical (unpaired) electrons. The Morgan fingerprint density at radius 1 is 1.75 bits per heavy atom. The number of hydrogen-bond acceptors (Lipinski definition) is 3. The summed E-state index contributed by atoms with van der Waals surface area (Å²) in [5.41, 5.74) is 0. The summed E-state index contributed by atoms with van der Waals surface area (Å²) in [5, 5.41) is 10.6. The van der Waals surface area contributed by atoms with Gasteiger partial charge < -0.3 is 10.4 Å². The molecule has 5 heteroatoms. The average molecular weight is 172 g/mol. The van der Waals surface area contributed by atoms with Crippen LogP contribution in [0.2, 0.25) is 0 Å². The molecule has 66 valence electrons. The second-order valence-corrected chi connectivity index (χ2v) is 1.88. The smallest absolute Gasteiger partial charge is 0.322 e. The zero-order chi connectivity index (χ0) is 9.56. The minimum absolute atomic E-state index is 0.0462. The van der Waals surface area contributed by atoms with E-state index in [0.29, 0.717) is 0 Å². The quantitative estimate of drug-likeness (QED) is 0.473. The van der Waals surface area contributed by atoms with E-state index < -0.39 is 11.8 Å². The van der Waals surface area contributed by atoms with Gasteiger partial charge in [-0.15, -0.1) is 0 Å². The second kappa shape index (κ2) is 5.06. The fraction of sp³-hybridized carbons (Fsp3) is 0.143. The van der Waals surface area contributed by atoms with Crippen LogP contribution in [-0.4, -0.2) is 24.3 Å². The largest absolute Gasteiger partial charge is 0.480 e. The average Bonchev–Trinajstić information content (AvgIpc) is 1.97. The van der Waals surface area contributed by atoms with Crippen LogP contribution in [0.1, 0.15) is 0 Å². The monoisotopic (exact) mass is 172 g/mol. The van der Waals surface area contributed by atoms with Crippen molar-refractivity contribution in [1.82, 2.24) is 5.32 Å². The molecule has 0 amide bonds. The van der Waals surface area contributed by atoms with Crippen molar-refractivity contribution < 1.29 is 14.3 Å². The SMILES string of the molecule is C=N/C(=C\C(=C)F)NCC(=O)O. The van der Waals surface area contributed by atoms with Gasteiger partial charge in [0.25, 0.3) is 0 Å². The summed E-state index contributed by atoms with van der Waals surface area (Å²) >= 11 is 0. The molecular formula is C7H9FN2O2. The third-order valence-corrected chi connectivity index (χ3v) is 0.884. The number of hydrogen-bond donors (Lipinski definition) is 2. The third-order valence-electron chi connectivity index (χ3n) is 0.884. The number of nitrogens with one attached hydrogen (secondary N) is 1. The predicted octanol–water partition coefficient (Wildman–Crippen LogP) is 0.686. The van der Waals surface area contributed by atoms with E-state index >= 15 is 0 Å². The Morgan fingerprint density at radius 2 is 2.33 bits per heavy atom. The first-order chi connectivity index (χ1) is 5.56. The molecule has 0 saturated carbocycles. The van der Waals surface area contributed by atoms with Crippen LogP contribution in [0.15, 0.2) is 29.3 Å². The van der Waals surface area contributed by atoms with E-state index in [9.17, 15) is 9.18 Å². The Kier molecular flexibility index (Phi) is 4.36. The summed E-state index contributed by atoms with van der Waals surface area (Å²) in [6.45, 7) is 5.73. The van der Waals surface area contributed by atoms with Crippen LogP contribution in [0.25, 0.3) is 0 Å². The summed E-state index contributed by atoms with van der Waals surface area (Å²) in [5.74, 6) is -1.73. The maximum absolute atomic E-state index is 12.1. The van der Waals surface area contributed by atoms with Crippen molar-refractivity contribution >= 4 is 12.7 Å². The summed E-state index contributed by atoms with van der Waals surface area (Å²) in [7, 11) is 0. The topological polar surface area (TPSA) is 61.7 Å². The Bertz CT molecular complexity index is 236. The Balaban J connectivity index is 4.09. The highest BCUT2D eigenvalue weighted by Crippen LogP contribution is 1.98. The molecule has 0 aliphatic heterocycles. The van der Waals surface area contributed by atoms with E-state index in [2.05, 4.69) is 23.6 Å². The van der Waals surface area contributed by atoms with Crippen LogP contribution in [0.3, 0.4) is 0 Å². The molecule has 0 aliphatic rings. The molecule has 0 unspecified atom stereocenters. The molecule has 0 aromatic rings. The highest BCUT2D eigenvalue weighted by atomic mass is 19.1. The molecule has 0 aromatic carbocycles. The molecule has 0 rings (SSSR count). The normalized spacial score (nSPS) is 10.6. The number of aliphatic imine (C=N–C) groups is 1. The molecule has 2 N–H and O–H groups in total. The van der Waals surface area contributed by atoms with Gasteiger partial charge >= 0.3 is 5.97 Å². The van der Waals surface area contributed by atoms with Gasteiger partial charge in [-0.1, -0.05) is 6.58 Å². The maximum atomic E-state index is 12.1. The molecule has 0 aromatic heterocycles. The molecular weight excluding hydrogens is 163 g/mol. The lowest BCUT2D eigenvalue weighted by atomic mass is 10.5. The first kappa shape index (κ1) is 10.3. The molecule has 4 nitrogen and oxygen atoms in total. The van der Waals surface area contributed by atoms with Crippen molar-refractivity contribution in [3.05, 3.63) is 24.3 Å². The number of carbonyl (C=O) groups is 1. The number of aliphatic carboxylic acids is 1. The van der Waals surface area contributed by atoms with Gasteiger partial charge in [-0.25, -0.2) is 9.38 Å². The van der Waals surface area contributed by atoms with Crippen LogP contribution >= 0.6 is 0 Å². The molecule has 0 spiro atoms. The van der Waals surface area contributed by atoms with Gasteiger partial charge in [-0.05, 0) is 6.72 Å². The number of carboxylic acid groups (broad SMARTS) is 1. The lowest BCUT2D eigenvalue weighted by Gasteiger charge is -2.00. The van der Waals surface area contributed by atoms with Crippen molar-refractivity contribution in [3.63, 3.8) is 0 Å². The number of halogens is 1. The lowest BCUT2D eigenvalue weighted by molar-refractivity contribution is -0.135. The van der Waals surface area contributed by atoms with E-state index in [1.165, 1.54) is 0 Å². The zero-order valence-electron chi connectivity index (χ0n) is 6.38. The van der Waals surface area contributed by atoms with E-state index in [0.717, 1.165) is 6.08 Å². The van der Waals surface area contributed by atoms with E-state index in [-0.39, 0.29) is 12.4 Å². The molecule has 0 heterocycles. The number of rotatable bonds is 5. The van der Waals surface area contributed by atoms with Gasteiger partial charge in [0, 0.05) is 6.08 Å². The molecule has 0 saturated heterocycles. The van der Waals surface area contributed by atoms with Crippen molar-refractivity contribution in [1.29, 1.82) is 0 Å². The Morgan fingerprint density at radius 3 is 2.67 bits per heavy atom.